The van der Waals surface area contributed by atoms with E-state index in [1.165, 1.54) is 0 Å². The standard InChI is InChI=1S/C12H15N3O/c1-10-13-8-12(9-14-16-2)15(10)11-6-4-3-5-7-11/h3-8,14H,9H2,1-2H3. The number of aromatic nitrogens is 2. The maximum Gasteiger partial charge on any atom is 0.110 e. The van der Waals surface area contributed by atoms with E-state index in [9.17, 15) is 0 Å². The van der Waals surface area contributed by atoms with E-state index in [4.69, 9.17) is 4.84 Å². The molecular formula is C12H15N3O. The zero-order valence-electron chi connectivity index (χ0n) is 9.47. The van der Waals surface area contributed by atoms with Crippen LogP contribution in [0.1, 0.15) is 11.5 Å². The van der Waals surface area contributed by atoms with Gasteiger partial charge in [0.15, 0.2) is 0 Å². The molecule has 1 aromatic heterocycles. The minimum absolute atomic E-state index is 0.631. The second-order valence-electron chi connectivity index (χ2n) is 3.49. The van der Waals surface area contributed by atoms with Gasteiger partial charge in [-0.2, -0.15) is 5.48 Å². The summed E-state index contributed by atoms with van der Waals surface area (Å²) in [6, 6.07) is 10.2. The Morgan fingerprint density at radius 3 is 2.75 bits per heavy atom. The molecule has 0 spiro atoms. The first-order valence-electron chi connectivity index (χ1n) is 5.17. The Kier molecular flexibility index (Phi) is 3.34. The Morgan fingerprint density at radius 2 is 2.06 bits per heavy atom. The van der Waals surface area contributed by atoms with Crippen LogP contribution in [0.25, 0.3) is 5.69 Å². The molecule has 1 heterocycles. The van der Waals surface area contributed by atoms with E-state index in [0.29, 0.717) is 6.54 Å². The summed E-state index contributed by atoms with van der Waals surface area (Å²) in [6.45, 7) is 2.62. The minimum atomic E-state index is 0.631. The number of aryl methyl sites for hydroxylation is 1. The van der Waals surface area contributed by atoms with E-state index in [-0.39, 0.29) is 0 Å². The highest BCUT2D eigenvalue weighted by atomic mass is 16.6. The zero-order valence-corrected chi connectivity index (χ0v) is 9.47. The second kappa shape index (κ2) is 4.92. The highest BCUT2D eigenvalue weighted by molar-refractivity contribution is 5.35. The van der Waals surface area contributed by atoms with Gasteiger partial charge in [0.2, 0.25) is 0 Å². The van der Waals surface area contributed by atoms with Crippen molar-refractivity contribution in [3.8, 4) is 5.69 Å². The van der Waals surface area contributed by atoms with Crippen molar-refractivity contribution in [1.82, 2.24) is 15.0 Å². The monoisotopic (exact) mass is 217 g/mol. The van der Waals surface area contributed by atoms with Gasteiger partial charge in [-0.15, -0.1) is 0 Å². The number of para-hydroxylation sites is 1. The molecular weight excluding hydrogens is 202 g/mol. The van der Waals surface area contributed by atoms with Crippen LogP contribution in [-0.2, 0) is 11.4 Å². The molecule has 0 radical (unpaired) electrons. The highest BCUT2D eigenvalue weighted by Gasteiger charge is 2.07. The molecule has 0 fully saturated rings. The molecule has 1 aromatic carbocycles. The lowest BCUT2D eigenvalue weighted by atomic mass is 10.3. The van der Waals surface area contributed by atoms with Gasteiger partial charge in [-0.1, -0.05) is 18.2 Å². The Morgan fingerprint density at radius 1 is 1.31 bits per heavy atom. The first kappa shape index (κ1) is 10.9. The van der Waals surface area contributed by atoms with Crippen LogP contribution in [0.15, 0.2) is 36.5 Å². The van der Waals surface area contributed by atoms with Crippen molar-refractivity contribution in [3.63, 3.8) is 0 Å². The summed E-state index contributed by atoms with van der Waals surface area (Å²) < 4.78 is 2.10. The number of imidazole rings is 1. The number of hydrogen-bond donors (Lipinski definition) is 1. The number of benzene rings is 1. The average Bonchev–Trinajstić information content (AvgIpc) is 2.69. The molecule has 0 saturated carbocycles. The normalized spacial score (nSPS) is 10.6. The molecule has 0 aliphatic carbocycles. The molecule has 0 saturated heterocycles. The summed E-state index contributed by atoms with van der Waals surface area (Å²) in [5.74, 6) is 0.971. The van der Waals surface area contributed by atoms with Gasteiger partial charge < -0.3 is 4.84 Å². The van der Waals surface area contributed by atoms with Gasteiger partial charge >= 0.3 is 0 Å². The van der Waals surface area contributed by atoms with Crippen LogP contribution < -0.4 is 5.48 Å². The first-order chi connectivity index (χ1) is 7.83. The summed E-state index contributed by atoms with van der Waals surface area (Å²) in [5.41, 5.74) is 5.02. The summed E-state index contributed by atoms with van der Waals surface area (Å²) in [5, 5.41) is 0. The maximum absolute atomic E-state index is 4.85. The number of nitrogens with zero attached hydrogens (tertiary/aromatic N) is 2. The summed E-state index contributed by atoms with van der Waals surface area (Å²) >= 11 is 0. The van der Waals surface area contributed by atoms with Gasteiger partial charge in [0.05, 0.1) is 25.5 Å². The highest BCUT2D eigenvalue weighted by Crippen LogP contribution is 2.13. The molecule has 0 aliphatic heterocycles. The fourth-order valence-electron chi connectivity index (χ4n) is 1.69. The van der Waals surface area contributed by atoms with Crippen LogP contribution in [0.5, 0.6) is 0 Å². The molecule has 0 unspecified atom stereocenters. The van der Waals surface area contributed by atoms with Gasteiger partial charge in [-0.3, -0.25) is 4.57 Å². The van der Waals surface area contributed by atoms with Crippen molar-refractivity contribution < 1.29 is 4.84 Å². The summed E-state index contributed by atoms with van der Waals surface area (Å²) in [7, 11) is 1.61. The molecule has 1 N–H and O–H groups in total. The van der Waals surface area contributed by atoms with Crippen molar-refractivity contribution in [2.45, 2.75) is 13.5 Å². The van der Waals surface area contributed by atoms with Crippen molar-refractivity contribution in [3.05, 3.63) is 48.0 Å². The second-order valence-corrected chi connectivity index (χ2v) is 3.49. The Labute approximate surface area is 94.8 Å². The van der Waals surface area contributed by atoms with Crippen molar-refractivity contribution >= 4 is 0 Å². The Bertz CT molecular complexity index is 451. The number of hydrogen-bond acceptors (Lipinski definition) is 3. The van der Waals surface area contributed by atoms with Crippen LogP contribution in [0, 0.1) is 6.92 Å². The molecule has 4 nitrogen and oxygen atoms in total. The lowest BCUT2D eigenvalue weighted by Gasteiger charge is -2.10. The molecule has 0 amide bonds. The van der Waals surface area contributed by atoms with E-state index in [2.05, 4.69) is 27.2 Å². The van der Waals surface area contributed by atoms with E-state index in [1.807, 2.05) is 31.3 Å². The average molecular weight is 217 g/mol. The molecule has 84 valence electrons. The quantitative estimate of drug-likeness (QED) is 0.794. The van der Waals surface area contributed by atoms with E-state index in [0.717, 1.165) is 17.2 Å². The molecule has 2 rings (SSSR count). The smallest absolute Gasteiger partial charge is 0.110 e. The van der Waals surface area contributed by atoms with Gasteiger partial charge in [-0.05, 0) is 19.1 Å². The van der Waals surface area contributed by atoms with Crippen LogP contribution >= 0.6 is 0 Å². The van der Waals surface area contributed by atoms with Crippen LogP contribution in [0.4, 0.5) is 0 Å². The van der Waals surface area contributed by atoms with Crippen LogP contribution in [0.3, 0.4) is 0 Å². The van der Waals surface area contributed by atoms with Crippen molar-refractivity contribution in [1.29, 1.82) is 0 Å². The third kappa shape index (κ3) is 2.13. The van der Waals surface area contributed by atoms with E-state index in [1.54, 1.807) is 7.11 Å². The molecule has 4 heteroatoms. The summed E-state index contributed by atoms with van der Waals surface area (Å²) in [6.07, 6.45) is 1.86. The number of rotatable bonds is 4. The fourth-order valence-corrected chi connectivity index (χ4v) is 1.69. The van der Waals surface area contributed by atoms with Gasteiger partial charge in [-0.25, -0.2) is 4.98 Å². The number of nitrogens with one attached hydrogen (secondary N) is 1. The van der Waals surface area contributed by atoms with Crippen molar-refractivity contribution in [2.75, 3.05) is 7.11 Å². The summed E-state index contributed by atoms with van der Waals surface area (Å²) in [4.78, 5) is 9.17. The van der Waals surface area contributed by atoms with Gasteiger partial charge in [0.25, 0.3) is 0 Å². The largest absolute Gasteiger partial charge is 0.305 e. The lowest BCUT2D eigenvalue weighted by Crippen LogP contribution is -2.14. The minimum Gasteiger partial charge on any atom is -0.305 e. The molecule has 0 bridgehead atoms. The lowest BCUT2D eigenvalue weighted by molar-refractivity contribution is 0.0855. The van der Waals surface area contributed by atoms with Crippen molar-refractivity contribution in [2.24, 2.45) is 0 Å². The zero-order chi connectivity index (χ0) is 11.4. The Balaban J connectivity index is 2.35. The predicted molar refractivity (Wildman–Crippen MR) is 62.1 cm³/mol. The Hall–Kier alpha value is -1.65. The third-order valence-corrected chi connectivity index (χ3v) is 2.42. The van der Waals surface area contributed by atoms with Crippen LogP contribution in [0.2, 0.25) is 0 Å². The molecule has 16 heavy (non-hydrogen) atoms. The van der Waals surface area contributed by atoms with Crippen LogP contribution in [-0.4, -0.2) is 16.7 Å². The van der Waals surface area contributed by atoms with Gasteiger partial charge in [0.1, 0.15) is 5.82 Å². The predicted octanol–water partition coefficient (Wildman–Crippen LogP) is 1.83. The number of hydroxylamine groups is 1. The first-order valence-corrected chi connectivity index (χ1v) is 5.17. The SMILES string of the molecule is CONCc1cnc(C)n1-c1ccccc1. The van der Waals surface area contributed by atoms with E-state index >= 15 is 0 Å². The molecule has 0 atom stereocenters. The van der Waals surface area contributed by atoms with E-state index < -0.39 is 0 Å². The van der Waals surface area contributed by atoms with Gasteiger partial charge in [0, 0.05) is 5.69 Å². The molecule has 2 aromatic rings. The third-order valence-electron chi connectivity index (χ3n) is 2.42. The fraction of sp³-hybridized carbons (Fsp3) is 0.250. The molecule has 0 aliphatic rings. The maximum atomic E-state index is 4.85. The topological polar surface area (TPSA) is 39.1 Å².